The average Bonchev–Trinajstić information content (AvgIpc) is 2.98. The molecule has 0 saturated heterocycles. The van der Waals surface area contributed by atoms with Gasteiger partial charge >= 0.3 is 11.9 Å². The number of aromatic nitrogens is 1. The Hall–Kier alpha value is -2.96. The SMILES string of the molecule is CCOC(=O)C(C(=O)OCC)C(=O)c1c(-c2ccccc2)noc1C. The predicted octanol–water partition coefficient (Wildman–Crippen LogP) is 2.58. The van der Waals surface area contributed by atoms with Crippen molar-refractivity contribution in [1.82, 2.24) is 5.16 Å². The fourth-order valence-corrected chi connectivity index (χ4v) is 2.36. The van der Waals surface area contributed by atoms with E-state index in [9.17, 15) is 14.4 Å². The van der Waals surface area contributed by atoms with Crippen molar-refractivity contribution < 1.29 is 28.4 Å². The first-order chi connectivity index (χ1) is 12.0. The van der Waals surface area contributed by atoms with Crippen LogP contribution in [0.2, 0.25) is 0 Å². The standard InChI is InChI=1S/C18H19NO6/c1-4-23-17(21)14(18(22)24-5-2)16(20)13-11(3)25-19-15(13)12-9-7-6-8-10-12/h6-10,14H,4-5H2,1-3H3. The van der Waals surface area contributed by atoms with E-state index >= 15 is 0 Å². The molecule has 2 aromatic rings. The molecule has 0 aliphatic carbocycles. The molecule has 0 atom stereocenters. The number of esters is 2. The maximum atomic E-state index is 13.0. The molecule has 0 amide bonds. The Balaban J connectivity index is 2.48. The number of carbonyl (C=O) groups is 3. The average molecular weight is 345 g/mol. The highest BCUT2D eigenvalue weighted by atomic mass is 16.6. The molecule has 132 valence electrons. The van der Waals surface area contributed by atoms with E-state index < -0.39 is 23.6 Å². The number of hydrogen-bond donors (Lipinski definition) is 0. The number of benzene rings is 1. The smallest absolute Gasteiger partial charge is 0.328 e. The van der Waals surface area contributed by atoms with Crippen LogP contribution in [0.1, 0.15) is 30.0 Å². The summed E-state index contributed by atoms with van der Waals surface area (Å²) < 4.78 is 14.9. The minimum atomic E-state index is -1.71. The van der Waals surface area contributed by atoms with Gasteiger partial charge in [0.15, 0.2) is 5.78 Å². The third kappa shape index (κ3) is 3.93. The lowest BCUT2D eigenvalue weighted by molar-refractivity contribution is -0.158. The fraction of sp³-hybridized carbons (Fsp3) is 0.333. The number of carbonyl (C=O) groups excluding carboxylic acids is 3. The van der Waals surface area contributed by atoms with Gasteiger partial charge < -0.3 is 14.0 Å². The van der Waals surface area contributed by atoms with Crippen LogP contribution in [-0.2, 0) is 19.1 Å². The lowest BCUT2D eigenvalue weighted by atomic mass is 9.94. The topological polar surface area (TPSA) is 95.7 Å². The molecule has 1 aromatic heterocycles. The van der Waals surface area contributed by atoms with Gasteiger partial charge in [0.05, 0.1) is 18.8 Å². The highest BCUT2D eigenvalue weighted by Crippen LogP contribution is 2.28. The molecule has 0 spiro atoms. The second-order valence-electron chi connectivity index (χ2n) is 5.13. The van der Waals surface area contributed by atoms with Crippen LogP contribution in [0.3, 0.4) is 0 Å². The van der Waals surface area contributed by atoms with E-state index in [0.717, 1.165) is 0 Å². The van der Waals surface area contributed by atoms with Gasteiger partial charge in [-0.05, 0) is 20.8 Å². The Bertz CT molecular complexity index is 747. The van der Waals surface area contributed by atoms with E-state index in [2.05, 4.69) is 5.16 Å². The molecular weight excluding hydrogens is 326 g/mol. The molecule has 0 saturated carbocycles. The second kappa shape index (κ2) is 8.23. The highest BCUT2D eigenvalue weighted by Gasteiger charge is 2.40. The van der Waals surface area contributed by atoms with E-state index in [1.54, 1.807) is 45.0 Å². The first kappa shape index (κ1) is 18.4. The molecule has 0 unspecified atom stereocenters. The van der Waals surface area contributed by atoms with E-state index in [0.29, 0.717) is 5.56 Å². The van der Waals surface area contributed by atoms with Crippen LogP contribution in [0, 0.1) is 12.8 Å². The summed E-state index contributed by atoms with van der Waals surface area (Å²) in [5.74, 6) is -4.16. The van der Waals surface area contributed by atoms with Crippen LogP contribution < -0.4 is 0 Å². The molecule has 0 aliphatic rings. The normalized spacial score (nSPS) is 10.6. The number of ketones is 1. The molecule has 2 rings (SSSR count). The summed E-state index contributed by atoms with van der Waals surface area (Å²) in [4.78, 5) is 37.3. The fourth-order valence-electron chi connectivity index (χ4n) is 2.36. The van der Waals surface area contributed by atoms with Crippen LogP contribution in [0.4, 0.5) is 0 Å². The van der Waals surface area contributed by atoms with Gasteiger partial charge in [0.25, 0.3) is 0 Å². The van der Waals surface area contributed by atoms with Crippen LogP contribution in [-0.4, -0.2) is 36.1 Å². The summed E-state index contributed by atoms with van der Waals surface area (Å²) in [6, 6.07) is 8.87. The summed E-state index contributed by atoms with van der Waals surface area (Å²) in [6.07, 6.45) is 0. The van der Waals surface area contributed by atoms with Gasteiger partial charge in [-0.15, -0.1) is 0 Å². The van der Waals surface area contributed by atoms with Gasteiger partial charge in [-0.2, -0.15) is 0 Å². The maximum absolute atomic E-state index is 13.0. The zero-order valence-electron chi connectivity index (χ0n) is 14.3. The first-order valence-corrected chi connectivity index (χ1v) is 7.90. The Morgan fingerprint density at radius 2 is 1.60 bits per heavy atom. The highest BCUT2D eigenvalue weighted by molar-refractivity contribution is 6.22. The molecule has 0 radical (unpaired) electrons. The van der Waals surface area contributed by atoms with Crippen molar-refractivity contribution in [3.63, 3.8) is 0 Å². The minimum Gasteiger partial charge on any atom is -0.465 e. The Labute approximate surface area is 144 Å². The molecule has 0 N–H and O–H groups in total. The van der Waals surface area contributed by atoms with Gasteiger partial charge in [0, 0.05) is 5.56 Å². The van der Waals surface area contributed by atoms with Crippen molar-refractivity contribution >= 4 is 17.7 Å². The molecule has 0 fully saturated rings. The molecule has 1 heterocycles. The molecule has 0 aliphatic heterocycles. The zero-order valence-corrected chi connectivity index (χ0v) is 14.3. The Morgan fingerprint density at radius 3 is 2.12 bits per heavy atom. The Morgan fingerprint density at radius 1 is 1.04 bits per heavy atom. The lowest BCUT2D eigenvalue weighted by Gasteiger charge is -2.13. The number of nitrogens with zero attached hydrogens (tertiary/aromatic N) is 1. The molecule has 7 heteroatoms. The minimum absolute atomic E-state index is 0.0379. The van der Waals surface area contributed by atoms with Crippen molar-refractivity contribution in [3.8, 4) is 11.3 Å². The Kier molecular flexibility index (Phi) is 6.05. The van der Waals surface area contributed by atoms with Crippen molar-refractivity contribution in [2.24, 2.45) is 5.92 Å². The largest absolute Gasteiger partial charge is 0.465 e. The van der Waals surface area contributed by atoms with Gasteiger partial charge in [0.2, 0.25) is 5.92 Å². The van der Waals surface area contributed by atoms with Crippen molar-refractivity contribution in [3.05, 3.63) is 41.7 Å². The van der Waals surface area contributed by atoms with Crippen LogP contribution >= 0.6 is 0 Å². The van der Waals surface area contributed by atoms with Crippen LogP contribution in [0.5, 0.6) is 0 Å². The third-order valence-corrected chi connectivity index (χ3v) is 3.46. The van der Waals surface area contributed by atoms with E-state index in [-0.39, 0.29) is 30.2 Å². The third-order valence-electron chi connectivity index (χ3n) is 3.46. The number of Topliss-reactive ketones (excluding diaryl/α,β-unsaturated/α-hetero) is 1. The summed E-state index contributed by atoms with van der Waals surface area (Å²) in [5, 5.41) is 3.90. The van der Waals surface area contributed by atoms with Crippen LogP contribution in [0.15, 0.2) is 34.9 Å². The quantitative estimate of drug-likeness (QED) is 0.432. The van der Waals surface area contributed by atoms with Gasteiger partial charge in [0.1, 0.15) is 11.5 Å². The molecular formula is C18H19NO6. The molecule has 0 bridgehead atoms. The molecule has 1 aromatic carbocycles. The van der Waals surface area contributed by atoms with Crippen molar-refractivity contribution in [1.29, 1.82) is 0 Å². The number of aryl methyl sites for hydroxylation is 1. The summed E-state index contributed by atoms with van der Waals surface area (Å²) in [7, 11) is 0. The number of hydrogen-bond acceptors (Lipinski definition) is 7. The van der Waals surface area contributed by atoms with Gasteiger partial charge in [-0.3, -0.25) is 14.4 Å². The summed E-state index contributed by atoms with van der Waals surface area (Å²) in [6.45, 7) is 4.79. The van der Waals surface area contributed by atoms with Gasteiger partial charge in [-0.25, -0.2) is 0 Å². The summed E-state index contributed by atoms with van der Waals surface area (Å²) >= 11 is 0. The molecule has 7 nitrogen and oxygen atoms in total. The van der Waals surface area contributed by atoms with Crippen molar-refractivity contribution in [2.75, 3.05) is 13.2 Å². The number of ether oxygens (including phenoxy) is 2. The number of rotatable bonds is 7. The van der Waals surface area contributed by atoms with E-state index in [1.807, 2.05) is 6.07 Å². The van der Waals surface area contributed by atoms with Crippen molar-refractivity contribution in [2.45, 2.75) is 20.8 Å². The second-order valence-corrected chi connectivity index (χ2v) is 5.13. The van der Waals surface area contributed by atoms with Gasteiger partial charge in [-0.1, -0.05) is 35.5 Å². The zero-order chi connectivity index (χ0) is 18.4. The van der Waals surface area contributed by atoms with Crippen LogP contribution in [0.25, 0.3) is 11.3 Å². The monoisotopic (exact) mass is 345 g/mol. The lowest BCUT2D eigenvalue weighted by Crippen LogP contribution is -2.35. The molecule has 25 heavy (non-hydrogen) atoms. The summed E-state index contributed by atoms with van der Waals surface area (Å²) in [5.41, 5.74) is 0.966. The van der Waals surface area contributed by atoms with E-state index in [1.165, 1.54) is 0 Å². The predicted molar refractivity (Wildman–Crippen MR) is 87.8 cm³/mol. The first-order valence-electron chi connectivity index (χ1n) is 7.90. The maximum Gasteiger partial charge on any atom is 0.328 e. The van der Waals surface area contributed by atoms with E-state index in [4.69, 9.17) is 14.0 Å².